The number of nitrogens with two attached hydrogens (primary N) is 1. The number of aromatic nitrogens is 2. The van der Waals surface area contributed by atoms with Crippen molar-refractivity contribution in [3.05, 3.63) is 33.0 Å². The van der Waals surface area contributed by atoms with E-state index >= 15 is 0 Å². The Bertz CT molecular complexity index is 1050. The average Bonchev–Trinajstić information content (AvgIpc) is 2.78. The third-order valence-electron chi connectivity index (χ3n) is 5.04. The van der Waals surface area contributed by atoms with Crippen molar-refractivity contribution in [2.45, 2.75) is 39.7 Å². The molecule has 1 aromatic heterocycles. The molecule has 0 bridgehead atoms. The summed E-state index contributed by atoms with van der Waals surface area (Å²) in [5.41, 5.74) is 5.56. The summed E-state index contributed by atoms with van der Waals surface area (Å²) < 4.78 is 17.3. The van der Waals surface area contributed by atoms with E-state index in [-0.39, 0.29) is 24.0 Å². The number of anilines is 3. The highest BCUT2D eigenvalue weighted by Crippen LogP contribution is 2.39. The van der Waals surface area contributed by atoms with Crippen molar-refractivity contribution in [2.75, 3.05) is 50.4 Å². The highest BCUT2D eigenvalue weighted by molar-refractivity contribution is 5.95. The van der Waals surface area contributed by atoms with Gasteiger partial charge in [-0.2, -0.15) is 0 Å². The maximum absolute atomic E-state index is 12.9. The van der Waals surface area contributed by atoms with E-state index in [9.17, 15) is 14.4 Å². The summed E-state index contributed by atoms with van der Waals surface area (Å²) >= 11 is 0. The summed E-state index contributed by atoms with van der Waals surface area (Å²) in [7, 11) is 4.45. The highest BCUT2D eigenvalue weighted by Gasteiger charge is 2.21. The van der Waals surface area contributed by atoms with Gasteiger partial charge >= 0.3 is 5.69 Å². The number of rotatable bonds is 12. The number of hydrogen-bond donors (Lipinski definition) is 3. The SMILES string of the molecule is CCCCn1c(N)c(N(CCC)CC(=O)Nc2cc(OC)c(OC)c(OC)c2)c(=O)[nH]c1=O. The van der Waals surface area contributed by atoms with E-state index in [4.69, 9.17) is 19.9 Å². The number of nitrogens with zero attached hydrogens (tertiary/aromatic N) is 2. The molecular formula is C22H33N5O6. The first-order valence-electron chi connectivity index (χ1n) is 10.8. The third kappa shape index (κ3) is 5.99. The molecule has 182 valence electrons. The van der Waals surface area contributed by atoms with E-state index in [0.29, 0.717) is 42.4 Å². The summed E-state index contributed by atoms with van der Waals surface area (Å²) in [4.78, 5) is 41.6. The Kier molecular flexibility index (Phi) is 9.19. The third-order valence-corrected chi connectivity index (χ3v) is 5.04. The van der Waals surface area contributed by atoms with Crippen LogP contribution in [0.25, 0.3) is 0 Å². The van der Waals surface area contributed by atoms with Crippen LogP contribution < -0.4 is 41.4 Å². The van der Waals surface area contributed by atoms with Crippen molar-refractivity contribution in [3.63, 3.8) is 0 Å². The van der Waals surface area contributed by atoms with Gasteiger partial charge in [-0.25, -0.2) is 4.79 Å². The minimum Gasteiger partial charge on any atom is -0.493 e. The molecule has 1 aromatic carbocycles. The van der Waals surface area contributed by atoms with Gasteiger partial charge in [0.05, 0.1) is 27.9 Å². The maximum atomic E-state index is 12.9. The summed E-state index contributed by atoms with van der Waals surface area (Å²) in [6.45, 7) is 4.53. The van der Waals surface area contributed by atoms with Crippen molar-refractivity contribution in [2.24, 2.45) is 0 Å². The molecule has 0 saturated heterocycles. The zero-order valence-corrected chi connectivity index (χ0v) is 19.8. The molecule has 0 atom stereocenters. The van der Waals surface area contributed by atoms with Crippen LogP contribution in [0.1, 0.15) is 33.1 Å². The molecule has 2 rings (SSSR count). The number of carbonyl (C=O) groups excluding carboxylic acids is 1. The summed E-state index contributed by atoms with van der Waals surface area (Å²) in [6.07, 6.45) is 2.24. The van der Waals surface area contributed by atoms with Crippen molar-refractivity contribution in [3.8, 4) is 17.2 Å². The molecule has 1 heterocycles. The summed E-state index contributed by atoms with van der Waals surface area (Å²) in [6, 6.07) is 3.21. The quantitative estimate of drug-likeness (QED) is 0.433. The number of carbonyl (C=O) groups is 1. The predicted molar refractivity (Wildman–Crippen MR) is 128 cm³/mol. The first-order valence-corrected chi connectivity index (χ1v) is 10.8. The minimum atomic E-state index is -0.626. The van der Waals surface area contributed by atoms with Crippen LogP contribution in [-0.2, 0) is 11.3 Å². The fraction of sp³-hybridized carbons (Fsp3) is 0.500. The van der Waals surface area contributed by atoms with E-state index in [1.165, 1.54) is 25.9 Å². The molecule has 0 aliphatic carbocycles. The lowest BCUT2D eigenvalue weighted by molar-refractivity contribution is -0.115. The topological polar surface area (TPSA) is 141 Å². The lowest BCUT2D eigenvalue weighted by atomic mass is 10.2. The molecule has 0 spiro atoms. The molecule has 0 aliphatic heterocycles. The fourth-order valence-corrected chi connectivity index (χ4v) is 3.49. The summed E-state index contributed by atoms with van der Waals surface area (Å²) in [5.74, 6) is 0.843. The largest absolute Gasteiger partial charge is 0.493 e. The molecule has 0 aliphatic rings. The Balaban J connectivity index is 2.35. The maximum Gasteiger partial charge on any atom is 0.330 e. The number of benzene rings is 1. The van der Waals surface area contributed by atoms with Crippen LogP contribution in [-0.4, -0.2) is 49.9 Å². The lowest BCUT2D eigenvalue weighted by Crippen LogP contribution is -2.41. The average molecular weight is 464 g/mol. The number of ether oxygens (including phenoxy) is 3. The zero-order chi connectivity index (χ0) is 24.5. The van der Waals surface area contributed by atoms with E-state index in [1.54, 1.807) is 17.0 Å². The van der Waals surface area contributed by atoms with E-state index in [1.807, 2.05) is 13.8 Å². The van der Waals surface area contributed by atoms with Crippen LogP contribution in [0.5, 0.6) is 17.2 Å². The number of hydrogen-bond acceptors (Lipinski definition) is 8. The van der Waals surface area contributed by atoms with Gasteiger partial charge in [0.2, 0.25) is 11.7 Å². The van der Waals surface area contributed by atoms with E-state index in [2.05, 4.69) is 10.3 Å². The highest BCUT2D eigenvalue weighted by atomic mass is 16.5. The fourth-order valence-electron chi connectivity index (χ4n) is 3.49. The van der Waals surface area contributed by atoms with Crippen LogP contribution in [0.3, 0.4) is 0 Å². The van der Waals surface area contributed by atoms with Gasteiger partial charge in [-0.3, -0.25) is 19.1 Å². The number of unbranched alkanes of at least 4 members (excludes halogenated alkanes) is 1. The molecule has 33 heavy (non-hydrogen) atoms. The molecule has 0 saturated carbocycles. The summed E-state index contributed by atoms with van der Waals surface area (Å²) in [5, 5.41) is 2.78. The molecule has 0 fully saturated rings. The second-order valence-corrected chi connectivity index (χ2v) is 7.38. The molecular weight excluding hydrogens is 430 g/mol. The Morgan fingerprint density at radius 3 is 2.24 bits per heavy atom. The second kappa shape index (κ2) is 11.8. The first kappa shape index (κ1) is 25.6. The van der Waals surface area contributed by atoms with Gasteiger partial charge in [-0.15, -0.1) is 0 Å². The Labute approximate surface area is 192 Å². The van der Waals surface area contributed by atoms with Gasteiger partial charge in [-0.05, 0) is 12.8 Å². The van der Waals surface area contributed by atoms with Gasteiger partial charge < -0.3 is 30.2 Å². The number of methoxy groups -OCH3 is 3. The van der Waals surface area contributed by atoms with Crippen LogP contribution in [0.4, 0.5) is 17.2 Å². The molecule has 0 unspecified atom stereocenters. The van der Waals surface area contributed by atoms with E-state index < -0.39 is 11.2 Å². The van der Waals surface area contributed by atoms with Crippen molar-refractivity contribution >= 4 is 23.1 Å². The molecule has 11 nitrogen and oxygen atoms in total. The van der Waals surface area contributed by atoms with Crippen molar-refractivity contribution in [1.29, 1.82) is 0 Å². The normalized spacial score (nSPS) is 10.6. The van der Waals surface area contributed by atoms with Crippen LogP contribution in [0, 0.1) is 0 Å². The number of H-pyrrole nitrogens is 1. The van der Waals surface area contributed by atoms with E-state index in [0.717, 1.165) is 12.8 Å². The van der Waals surface area contributed by atoms with Crippen molar-refractivity contribution in [1.82, 2.24) is 9.55 Å². The van der Waals surface area contributed by atoms with Gasteiger partial charge in [0.1, 0.15) is 11.5 Å². The first-order chi connectivity index (χ1) is 15.8. The second-order valence-electron chi connectivity index (χ2n) is 7.38. The Hall–Kier alpha value is -3.63. The van der Waals surface area contributed by atoms with Gasteiger partial charge in [-0.1, -0.05) is 20.3 Å². The van der Waals surface area contributed by atoms with Crippen LogP contribution in [0.2, 0.25) is 0 Å². The van der Waals surface area contributed by atoms with Crippen LogP contribution in [0.15, 0.2) is 21.7 Å². The molecule has 2 aromatic rings. The van der Waals surface area contributed by atoms with Gasteiger partial charge in [0, 0.05) is 30.9 Å². The molecule has 11 heteroatoms. The zero-order valence-electron chi connectivity index (χ0n) is 19.8. The molecule has 0 radical (unpaired) electrons. The monoisotopic (exact) mass is 463 g/mol. The number of nitrogens with one attached hydrogen (secondary N) is 2. The Morgan fingerprint density at radius 2 is 1.73 bits per heavy atom. The van der Waals surface area contributed by atoms with Crippen molar-refractivity contribution < 1.29 is 19.0 Å². The minimum absolute atomic E-state index is 0.0474. The smallest absolute Gasteiger partial charge is 0.330 e. The standard InChI is InChI=1S/C22H33N5O6/c1-6-8-10-27-20(23)18(21(29)25-22(27)30)26(9-7-2)13-17(28)24-14-11-15(31-3)19(33-5)16(12-14)32-4/h11-12H,6-10,13,23H2,1-5H3,(H,24,28)(H,25,29,30). The van der Waals surface area contributed by atoms with Crippen LogP contribution >= 0.6 is 0 Å². The Morgan fingerprint density at radius 1 is 1.09 bits per heavy atom. The molecule has 1 amide bonds. The van der Waals surface area contributed by atoms with Gasteiger partial charge in [0.15, 0.2) is 11.5 Å². The number of aromatic amines is 1. The van der Waals surface area contributed by atoms with Gasteiger partial charge in [0.25, 0.3) is 5.56 Å². The lowest BCUT2D eigenvalue weighted by Gasteiger charge is -2.25. The number of amides is 1. The predicted octanol–water partition coefficient (Wildman–Crippen LogP) is 1.80. The number of nitrogen functional groups attached to an aromatic ring is 1. The molecule has 4 N–H and O–H groups in total.